The van der Waals surface area contributed by atoms with Crippen LogP contribution in [0.2, 0.25) is 0 Å². The zero-order chi connectivity index (χ0) is 13.0. The predicted octanol–water partition coefficient (Wildman–Crippen LogP) is 1.74. The van der Waals surface area contributed by atoms with Crippen molar-refractivity contribution in [2.75, 3.05) is 0 Å². The molecule has 1 aromatic carbocycles. The number of benzene rings is 1. The van der Waals surface area contributed by atoms with E-state index >= 15 is 0 Å². The normalized spacial score (nSPS) is 18.6. The van der Waals surface area contributed by atoms with Gasteiger partial charge in [0.25, 0.3) is 0 Å². The molecule has 0 aromatic heterocycles. The number of alkyl carbamates (subject to hydrolysis) is 1. The number of aromatic hydroxyl groups is 1. The quantitative estimate of drug-likeness (QED) is 0.473. The highest BCUT2D eigenvalue weighted by Gasteiger charge is 2.31. The van der Waals surface area contributed by atoms with E-state index in [2.05, 4.69) is 10.1 Å². The molecule has 2 N–H and O–H groups in total. The summed E-state index contributed by atoms with van der Waals surface area (Å²) < 4.78 is 4.38. The van der Waals surface area contributed by atoms with Crippen molar-refractivity contribution in [1.29, 1.82) is 0 Å². The Labute approximate surface area is 105 Å². The standard InChI is InChI=1S/C13H15NO4/c15-11-8-4-2-6-9(11)5-1-3-7-10-12(16)18-13(17)14-10/h2,4,6,8,10,15H,1,3,5,7H2,(H,14,17). The maximum atomic E-state index is 11.2. The van der Waals surface area contributed by atoms with Gasteiger partial charge < -0.3 is 15.2 Å². The van der Waals surface area contributed by atoms with Crippen LogP contribution in [0.4, 0.5) is 4.79 Å². The summed E-state index contributed by atoms with van der Waals surface area (Å²) in [5.74, 6) is -0.200. The molecule has 0 radical (unpaired) electrons. The molecule has 1 aliphatic rings. The van der Waals surface area contributed by atoms with Crippen molar-refractivity contribution in [3.63, 3.8) is 0 Å². The minimum absolute atomic E-state index is 0.297. The van der Waals surface area contributed by atoms with Gasteiger partial charge in [0.2, 0.25) is 0 Å². The molecular formula is C13H15NO4. The summed E-state index contributed by atoms with van der Waals surface area (Å²) in [4.78, 5) is 21.9. The summed E-state index contributed by atoms with van der Waals surface area (Å²) in [5, 5.41) is 12.0. The number of phenols is 1. The van der Waals surface area contributed by atoms with Gasteiger partial charge in [-0.05, 0) is 30.9 Å². The molecule has 0 spiro atoms. The number of rotatable bonds is 5. The summed E-state index contributed by atoms with van der Waals surface area (Å²) in [6.07, 6.45) is 2.29. The summed E-state index contributed by atoms with van der Waals surface area (Å²) in [6, 6.07) is 6.68. The summed E-state index contributed by atoms with van der Waals surface area (Å²) in [5.41, 5.74) is 0.899. The third-order valence-corrected chi connectivity index (χ3v) is 2.95. The number of ether oxygens (including phenoxy) is 1. The molecule has 1 aromatic rings. The Morgan fingerprint density at radius 3 is 2.67 bits per heavy atom. The van der Waals surface area contributed by atoms with Crippen molar-refractivity contribution < 1.29 is 19.4 Å². The largest absolute Gasteiger partial charge is 0.508 e. The van der Waals surface area contributed by atoms with Gasteiger partial charge in [0.15, 0.2) is 0 Å². The molecule has 18 heavy (non-hydrogen) atoms. The SMILES string of the molecule is O=C1NC(CCCCc2ccccc2O)C(=O)O1. The molecule has 1 heterocycles. The van der Waals surface area contributed by atoms with Crippen LogP contribution in [0.3, 0.4) is 0 Å². The highest BCUT2D eigenvalue weighted by molar-refractivity contribution is 5.95. The van der Waals surface area contributed by atoms with Crippen LogP contribution in [-0.2, 0) is 16.0 Å². The molecule has 1 aliphatic heterocycles. The Bertz CT molecular complexity index is 458. The van der Waals surface area contributed by atoms with Crippen molar-refractivity contribution in [2.45, 2.75) is 31.7 Å². The molecule has 0 aliphatic carbocycles. The lowest BCUT2D eigenvalue weighted by atomic mass is 10.0. The first-order valence-corrected chi connectivity index (χ1v) is 5.96. The van der Waals surface area contributed by atoms with Gasteiger partial charge in [-0.3, -0.25) is 0 Å². The fourth-order valence-corrected chi connectivity index (χ4v) is 1.97. The number of carbonyl (C=O) groups is 2. The van der Waals surface area contributed by atoms with E-state index in [9.17, 15) is 14.7 Å². The number of unbranched alkanes of at least 4 members (excludes halogenated alkanes) is 1. The van der Waals surface area contributed by atoms with Crippen LogP contribution < -0.4 is 5.32 Å². The number of carbonyl (C=O) groups excluding carboxylic acids is 2. The van der Waals surface area contributed by atoms with Crippen LogP contribution in [0.25, 0.3) is 0 Å². The van der Waals surface area contributed by atoms with Crippen LogP contribution in [0.15, 0.2) is 24.3 Å². The van der Waals surface area contributed by atoms with Gasteiger partial charge in [0, 0.05) is 0 Å². The molecule has 1 amide bonds. The first-order chi connectivity index (χ1) is 8.66. The second-order valence-electron chi connectivity index (χ2n) is 4.28. The van der Waals surface area contributed by atoms with E-state index in [-0.39, 0.29) is 0 Å². The van der Waals surface area contributed by atoms with Crippen LogP contribution in [0.5, 0.6) is 5.75 Å². The molecule has 0 saturated carbocycles. The number of hydrogen-bond donors (Lipinski definition) is 2. The van der Waals surface area contributed by atoms with Crippen LogP contribution in [-0.4, -0.2) is 23.2 Å². The minimum atomic E-state index is -0.661. The monoisotopic (exact) mass is 249 g/mol. The molecular weight excluding hydrogens is 234 g/mol. The number of hydrogen-bond acceptors (Lipinski definition) is 4. The lowest BCUT2D eigenvalue weighted by molar-refractivity contribution is -0.135. The molecule has 1 unspecified atom stereocenters. The Morgan fingerprint density at radius 2 is 2.00 bits per heavy atom. The van der Waals surface area contributed by atoms with E-state index in [0.29, 0.717) is 12.2 Å². The third kappa shape index (κ3) is 3.00. The number of esters is 1. The number of nitrogens with one attached hydrogen (secondary N) is 1. The Morgan fingerprint density at radius 1 is 1.22 bits per heavy atom. The summed E-state index contributed by atoms with van der Waals surface area (Å²) in [7, 11) is 0. The fourth-order valence-electron chi connectivity index (χ4n) is 1.97. The number of aryl methyl sites for hydroxylation is 1. The Hall–Kier alpha value is -2.04. The molecule has 1 atom stereocenters. The van der Waals surface area contributed by atoms with E-state index in [0.717, 1.165) is 24.8 Å². The van der Waals surface area contributed by atoms with Crippen molar-refractivity contribution in [3.8, 4) is 5.75 Å². The highest BCUT2D eigenvalue weighted by atomic mass is 16.6. The van der Waals surface area contributed by atoms with E-state index < -0.39 is 18.1 Å². The molecule has 5 heteroatoms. The Balaban J connectivity index is 1.72. The zero-order valence-electron chi connectivity index (χ0n) is 9.89. The number of cyclic esters (lactones) is 2. The number of para-hydroxylation sites is 1. The predicted molar refractivity (Wildman–Crippen MR) is 64.1 cm³/mol. The van der Waals surface area contributed by atoms with Gasteiger partial charge in [0.1, 0.15) is 11.8 Å². The molecule has 5 nitrogen and oxygen atoms in total. The van der Waals surface area contributed by atoms with Crippen LogP contribution >= 0.6 is 0 Å². The molecule has 1 saturated heterocycles. The topological polar surface area (TPSA) is 75.6 Å². The zero-order valence-corrected chi connectivity index (χ0v) is 9.89. The fraction of sp³-hybridized carbons (Fsp3) is 0.385. The van der Waals surface area contributed by atoms with E-state index in [1.807, 2.05) is 12.1 Å². The molecule has 0 bridgehead atoms. The maximum Gasteiger partial charge on any atom is 0.415 e. The van der Waals surface area contributed by atoms with E-state index in [1.165, 1.54) is 0 Å². The van der Waals surface area contributed by atoms with Gasteiger partial charge in [-0.25, -0.2) is 9.59 Å². The van der Waals surface area contributed by atoms with Gasteiger partial charge in [0.05, 0.1) is 0 Å². The lowest BCUT2D eigenvalue weighted by Gasteiger charge is -2.06. The first kappa shape index (κ1) is 12.4. The Kier molecular flexibility index (Phi) is 3.82. The summed E-state index contributed by atoms with van der Waals surface area (Å²) in [6.45, 7) is 0. The van der Waals surface area contributed by atoms with Crippen molar-refractivity contribution in [2.24, 2.45) is 0 Å². The molecule has 2 rings (SSSR count). The maximum absolute atomic E-state index is 11.2. The minimum Gasteiger partial charge on any atom is -0.508 e. The summed E-state index contributed by atoms with van der Waals surface area (Å²) >= 11 is 0. The van der Waals surface area contributed by atoms with Crippen molar-refractivity contribution in [3.05, 3.63) is 29.8 Å². The van der Waals surface area contributed by atoms with E-state index in [4.69, 9.17) is 0 Å². The smallest absolute Gasteiger partial charge is 0.415 e. The van der Waals surface area contributed by atoms with Gasteiger partial charge in [-0.1, -0.05) is 24.6 Å². The van der Waals surface area contributed by atoms with Crippen molar-refractivity contribution >= 4 is 12.1 Å². The molecule has 96 valence electrons. The number of amides is 1. The lowest BCUT2D eigenvalue weighted by Crippen LogP contribution is -2.28. The van der Waals surface area contributed by atoms with Gasteiger partial charge in [-0.2, -0.15) is 0 Å². The van der Waals surface area contributed by atoms with Gasteiger partial charge >= 0.3 is 12.1 Å². The average molecular weight is 249 g/mol. The number of phenolic OH excluding ortho intramolecular Hbond substituents is 1. The van der Waals surface area contributed by atoms with Crippen LogP contribution in [0.1, 0.15) is 24.8 Å². The van der Waals surface area contributed by atoms with E-state index in [1.54, 1.807) is 12.1 Å². The van der Waals surface area contributed by atoms with Crippen LogP contribution in [0, 0.1) is 0 Å². The highest BCUT2D eigenvalue weighted by Crippen LogP contribution is 2.19. The van der Waals surface area contributed by atoms with Crippen molar-refractivity contribution in [1.82, 2.24) is 5.32 Å². The first-order valence-electron chi connectivity index (χ1n) is 5.96. The third-order valence-electron chi connectivity index (χ3n) is 2.95. The molecule has 1 fully saturated rings. The second kappa shape index (κ2) is 5.53. The van der Waals surface area contributed by atoms with Gasteiger partial charge in [-0.15, -0.1) is 0 Å². The average Bonchev–Trinajstić information content (AvgIpc) is 2.65. The second-order valence-corrected chi connectivity index (χ2v) is 4.28.